The van der Waals surface area contributed by atoms with E-state index in [1.54, 1.807) is 0 Å². The lowest BCUT2D eigenvalue weighted by atomic mass is 10.1. The molecule has 1 heterocycles. The summed E-state index contributed by atoms with van der Waals surface area (Å²) in [5, 5.41) is 8.98. The summed E-state index contributed by atoms with van der Waals surface area (Å²) in [7, 11) is 0. The topological polar surface area (TPSA) is 110 Å². The van der Waals surface area contributed by atoms with Crippen molar-refractivity contribution in [1.82, 2.24) is 4.90 Å². The fourth-order valence-electron chi connectivity index (χ4n) is 2.01. The van der Waals surface area contributed by atoms with Gasteiger partial charge < -0.3 is 20.5 Å². The molecule has 0 saturated carbocycles. The van der Waals surface area contributed by atoms with Crippen molar-refractivity contribution in [2.75, 3.05) is 6.54 Å². The number of nitrogens with zero attached hydrogens (tertiary/aromatic N) is 1. The average molecular weight is 258 g/mol. The smallest absolute Gasteiger partial charge is 0.326 e. The van der Waals surface area contributed by atoms with Crippen LogP contribution in [-0.2, 0) is 19.1 Å². The zero-order chi connectivity index (χ0) is 13.9. The summed E-state index contributed by atoms with van der Waals surface area (Å²) in [6, 6.07) is -1.86. The molecule has 0 radical (unpaired) electrons. The second-order valence-corrected chi connectivity index (χ2v) is 4.37. The first-order valence-electron chi connectivity index (χ1n) is 5.80. The van der Waals surface area contributed by atoms with Gasteiger partial charge in [-0.1, -0.05) is 0 Å². The van der Waals surface area contributed by atoms with Crippen LogP contribution in [0.3, 0.4) is 0 Å². The molecule has 1 fully saturated rings. The van der Waals surface area contributed by atoms with Crippen LogP contribution in [0, 0.1) is 0 Å². The van der Waals surface area contributed by atoms with E-state index in [2.05, 4.69) is 0 Å². The molecule has 7 nitrogen and oxygen atoms in total. The molecule has 102 valence electrons. The second-order valence-electron chi connectivity index (χ2n) is 4.37. The quantitative estimate of drug-likeness (QED) is 0.648. The van der Waals surface area contributed by atoms with Gasteiger partial charge in [-0.05, 0) is 19.8 Å². The molecule has 1 aliphatic heterocycles. The van der Waals surface area contributed by atoms with Gasteiger partial charge in [-0.25, -0.2) is 4.79 Å². The van der Waals surface area contributed by atoms with E-state index in [1.807, 2.05) is 0 Å². The maximum absolute atomic E-state index is 12.0. The van der Waals surface area contributed by atoms with Gasteiger partial charge in [0.25, 0.3) is 0 Å². The minimum Gasteiger partial charge on any atom is -0.480 e. The molecule has 0 aromatic carbocycles. The van der Waals surface area contributed by atoms with Crippen LogP contribution >= 0.6 is 0 Å². The first kappa shape index (κ1) is 14.4. The third-order valence-corrected chi connectivity index (χ3v) is 2.96. The van der Waals surface area contributed by atoms with Crippen LogP contribution in [0.5, 0.6) is 0 Å². The number of aliphatic carboxylic acids is 1. The fraction of sp³-hybridized carbons (Fsp3) is 0.727. The molecular formula is C11H18N2O5. The van der Waals surface area contributed by atoms with E-state index in [0.29, 0.717) is 19.4 Å². The molecule has 1 aliphatic rings. The summed E-state index contributed by atoms with van der Waals surface area (Å²) >= 11 is 0. The van der Waals surface area contributed by atoms with Crippen LogP contribution in [0.2, 0.25) is 0 Å². The van der Waals surface area contributed by atoms with Gasteiger partial charge in [0.15, 0.2) is 0 Å². The molecular weight excluding hydrogens is 240 g/mol. The standard InChI is InChI=1S/C11H18N2O5/c1-6(18-7(2)14)9(12)10(15)13-5-3-4-8(13)11(16)17/h6,8-9H,3-5,12H2,1-2H3,(H,16,17)/t6?,8-,9-/m0/s1. The Labute approximate surface area is 105 Å². The van der Waals surface area contributed by atoms with Gasteiger partial charge in [0.2, 0.25) is 5.91 Å². The van der Waals surface area contributed by atoms with E-state index >= 15 is 0 Å². The maximum Gasteiger partial charge on any atom is 0.326 e. The lowest BCUT2D eigenvalue weighted by Gasteiger charge is -2.27. The van der Waals surface area contributed by atoms with Crippen LogP contribution in [0.1, 0.15) is 26.7 Å². The van der Waals surface area contributed by atoms with E-state index in [4.69, 9.17) is 15.6 Å². The summed E-state index contributed by atoms with van der Waals surface area (Å²) in [6.07, 6.45) is 0.290. The molecule has 1 rings (SSSR count). The summed E-state index contributed by atoms with van der Waals surface area (Å²) < 4.78 is 4.83. The maximum atomic E-state index is 12.0. The number of carbonyl (C=O) groups excluding carboxylic acids is 2. The Bertz CT molecular complexity index is 357. The number of ether oxygens (including phenoxy) is 1. The average Bonchev–Trinajstić information content (AvgIpc) is 2.74. The van der Waals surface area contributed by atoms with Crippen molar-refractivity contribution < 1.29 is 24.2 Å². The molecule has 3 N–H and O–H groups in total. The lowest BCUT2D eigenvalue weighted by Crippen LogP contribution is -2.53. The minimum absolute atomic E-state index is 0.371. The predicted octanol–water partition coefficient (Wildman–Crippen LogP) is -0.659. The fourth-order valence-corrected chi connectivity index (χ4v) is 2.01. The van der Waals surface area contributed by atoms with Crippen LogP contribution < -0.4 is 5.73 Å². The van der Waals surface area contributed by atoms with Crippen LogP contribution in [0.15, 0.2) is 0 Å². The van der Waals surface area contributed by atoms with Gasteiger partial charge in [0.1, 0.15) is 18.2 Å². The lowest BCUT2D eigenvalue weighted by molar-refractivity contribution is -0.154. The van der Waals surface area contributed by atoms with Crippen LogP contribution in [0.25, 0.3) is 0 Å². The predicted molar refractivity (Wildman–Crippen MR) is 61.6 cm³/mol. The molecule has 0 bridgehead atoms. The van der Waals surface area contributed by atoms with Crippen molar-refractivity contribution in [2.24, 2.45) is 5.73 Å². The van der Waals surface area contributed by atoms with Gasteiger partial charge in [-0.2, -0.15) is 0 Å². The molecule has 7 heteroatoms. The molecule has 18 heavy (non-hydrogen) atoms. The van der Waals surface area contributed by atoms with E-state index in [0.717, 1.165) is 0 Å². The Morgan fingerprint density at radius 3 is 2.56 bits per heavy atom. The number of rotatable bonds is 4. The summed E-state index contributed by atoms with van der Waals surface area (Å²) in [4.78, 5) is 35.0. The van der Waals surface area contributed by atoms with Crippen molar-refractivity contribution >= 4 is 17.8 Å². The van der Waals surface area contributed by atoms with E-state index < -0.39 is 36.0 Å². The van der Waals surface area contributed by atoms with Gasteiger partial charge in [-0.15, -0.1) is 0 Å². The largest absolute Gasteiger partial charge is 0.480 e. The second kappa shape index (κ2) is 5.81. The minimum atomic E-state index is -1.03. The number of carbonyl (C=O) groups is 3. The first-order chi connectivity index (χ1) is 8.34. The van der Waals surface area contributed by atoms with Gasteiger partial charge in [0, 0.05) is 13.5 Å². The van der Waals surface area contributed by atoms with Gasteiger partial charge >= 0.3 is 11.9 Å². The van der Waals surface area contributed by atoms with Crippen molar-refractivity contribution in [1.29, 1.82) is 0 Å². The van der Waals surface area contributed by atoms with Gasteiger partial charge in [0.05, 0.1) is 0 Å². The van der Waals surface area contributed by atoms with E-state index in [1.165, 1.54) is 18.7 Å². The Morgan fingerprint density at radius 2 is 2.06 bits per heavy atom. The number of hydrogen-bond donors (Lipinski definition) is 2. The van der Waals surface area contributed by atoms with E-state index in [9.17, 15) is 14.4 Å². The summed E-state index contributed by atoms with van der Waals surface area (Å²) in [5.41, 5.74) is 5.69. The summed E-state index contributed by atoms with van der Waals surface area (Å²) in [5.74, 6) is -2.05. The van der Waals surface area contributed by atoms with Gasteiger partial charge in [-0.3, -0.25) is 9.59 Å². The molecule has 0 aromatic heterocycles. The Balaban J connectivity index is 2.68. The number of hydrogen-bond acceptors (Lipinski definition) is 5. The highest BCUT2D eigenvalue weighted by Crippen LogP contribution is 2.19. The number of carboxylic acids is 1. The highest BCUT2D eigenvalue weighted by Gasteiger charge is 2.38. The number of nitrogens with two attached hydrogens (primary N) is 1. The summed E-state index contributed by atoms with van der Waals surface area (Å²) in [6.45, 7) is 3.11. The Morgan fingerprint density at radius 1 is 1.44 bits per heavy atom. The van der Waals surface area contributed by atoms with Crippen molar-refractivity contribution in [3.05, 3.63) is 0 Å². The molecule has 1 saturated heterocycles. The number of esters is 1. The molecule has 0 aromatic rings. The van der Waals surface area contributed by atoms with Crippen molar-refractivity contribution in [2.45, 2.75) is 44.9 Å². The SMILES string of the molecule is CC(=O)OC(C)[C@H](N)C(=O)N1CCC[C@H]1C(=O)O. The molecule has 1 amide bonds. The van der Waals surface area contributed by atoms with Crippen LogP contribution in [-0.4, -0.2) is 52.6 Å². The highest BCUT2D eigenvalue weighted by atomic mass is 16.5. The Hall–Kier alpha value is -1.63. The third-order valence-electron chi connectivity index (χ3n) is 2.96. The van der Waals surface area contributed by atoms with Crippen molar-refractivity contribution in [3.8, 4) is 0 Å². The zero-order valence-corrected chi connectivity index (χ0v) is 10.5. The van der Waals surface area contributed by atoms with E-state index in [-0.39, 0.29) is 0 Å². The molecule has 3 atom stereocenters. The zero-order valence-electron chi connectivity index (χ0n) is 10.5. The third kappa shape index (κ3) is 3.19. The Kier molecular flexibility index (Phi) is 4.66. The molecule has 0 spiro atoms. The highest BCUT2D eigenvalue weighted by molar-refractivity contribution is 5.88. The molecule has 0 aliphatic carbocycles. The normalized spacial score (nSPS) is 22.4. The van der Waals surface area contributed by atoms with Crippen LogP contribution in [0.4, 0.5) is 0 Å². The number of carboxylic acid groups (broad SMARTS) is 1. The number of amides is 1. The van der Waals surface area contributed by atoms with Crippen molar-refractivity contribution in [3.63, 3.8) is 0 Å². The number of likely N-dealkylation sites (tertiary alicyclic amines) is 1. The molecule has 1 unspecified atom stereocenters. The monoisotopic (exact) mass is 258 g/mol. The first-order valence-corrected chi connectivity index (χ1v) is 5.80.